The molecule has 1 atom stereocenters. The molecule has 1 aliphatic carbocycles. The summed E-state index contributed by atoms with van der Waals surface area (Å²) in [5.41, 5.74) is -0.0549. The Hall–Kier alpha value is -3.14. The molecule has 172 valence electrons. The lowest BCUT2D eigenvalue weighted by molar-refractivity contribution is -0.125. The summed E-state index contributed by atoms with van der Waals surface area (Å²) in [6, 6.07) is 0.0426. The van der Waals surface area contributed by atoms with Gasteiger partial charge in [0.1, 0.15) is 5.65 Å². The number of ether oxygens (including phenoxy) is 1. The van der Waals surface area contributed by atoms with Crippen LogP contribution in [0.4, 0.5) is 0 Å². The minimum Gasteiger partial charge on any atom is -0.492 e. The van der Waals surface area contributed by atoms with Crippen LogP contribution in [0.25, 0.3) is 11.7 Å². The van der Waals surface area contributed by atoms with Crippen LogP contribution in [0, 0.1) is 5.92 Å². The van der Waals surface area contributed by atoms with E-state index in [2.05, 4.69) is 10.4 Å². The Labute approximate surface area is 185 Å². The summed E-state index contributed by atoms with van der Waals surface area (Å²) in [4.78, 5) is 40.2. The first-order valence-electron chi connectivity index (χ1n) is 10.9. The van der Waals surface area contributed by atoms with Gasteiger partial charge in [-0.2, -0.15) is 9.61 Å². The molecule has 32 heavy (non-hydrogen) atoms. The van der Waals surface area contributed by atoms with Crippen molar-refractivity contribution in [3.05, 3.63) is 33.8 Å². The molecule has 0 bridgehead atoms. The van der Waals surface area contributed by atoms with Gasteiger partial charge < -0.3 is 20.1 Å². The SMILES string of the molecule is CO[C@H]1CCN(C(=O)/C=C/c2cnn3c(O)c(C(=O)NC4CC4)c(=O)n(CC(C)C)c23)C1. The summed E-state index contributed by atoms with van der Waals surface area (Å²) >= 11 is 0. The Morgan fingerprint density at radius 1 is 1.34 bits per heavy atom. The predicted molar refractivity (Wildman–Crippen MR) is 117 cm³/mol. The molecule has 0 spiro atoms. The third-order valence-electron chi connectivity index (χ3n) is 5.79. The molecule has 10 nitrogen and oxygen atoms in total. The van der Waals surface area contributed by atoms with E-state index in [4.69, 9.17) is 4.74 Å². The predicted octanol–water partition coefficient (Wildman–Crippen LogP) is 1.01. The van der Waals surface area contributed by atoms with Gasteiger partial charge in [-0.3, -0.25) is 19.0 Å². The van der Waals surface area contributed by atoms with Crippen LogP contribution in [0.2, 0.25) is 0 Å². The number of carbonyl (C=O) groups excluding carboxylic acids is 2. The molecule has 1 aliphatic heterocycles. The van der Waals surface area contributed by atoms with Crippen LogP contribution in [-0.4, -0.2) is 68.3 Å². The first-order chi connectivity index (χ1) is 15.3. The van der Waals surface area contributed by atoms with Crippen molar-refractivity contribution in [3.8, 4) is 5.88 Å². The number of hydrogen-bond donors (Lipinski definition) is 2. The van der Waals surface area contributed by atoms with Gasteiger partial charge in [0.05, 0.1) is 12.3 Å². The number of fused-ring (bicyclic) bond motifs is 1. The van der Waals surface area contributed by atoms with Gasteiger partial charge in [0.25, 0.3) is 11.5 Å². The van der Waals surface area contributed by atoms with Gasteiger partial charge in [0.2, 0.25) is 11.8 Å². The minimum atomic E-state index is -0.598. The van der Waals surface area contributed by atoms with Gasteiger partial charge in [-0.1, -0.05) is 13.8 Å². The van der Waals surface area contributed by atoms with Crippen LogP contribution in [0.5, 0.6) is 5.88 Å². The molecule has 10 heteroatoms. The highest BCUT2D eigenvalue weighted by molar-refractivity contribution is 5.97. The van der Waals surface area contributed by atoms with Crippen molar-refractivity contribution < 1.29 is 19.4 Å². The standard InChI is InChI=1S/C22H29N5O5/c1-13(2)11-26-20-14(4-7-17(28)25-9-8-16(12-25)32-3)10-23-27(20)22(31)18(21(26)30)19(29)24-15-5-6-15/h4,7,10,13,15-16,31H,5-6,8-9,11-12H2,1-3H3,(H,24,29)/b7-4+/t16-/m0/s1. The second-order valence-corrected chi connectivity index (χ2v) is 8.86. The van der Waals surface area contributed by atoms with Crippen LogP contribution < -0.4 is 10.9 Å². The number of nitrogens with zero attached hydrogens (tertiary/aromatic N) is 4. The summed E-state index contributed by atoms with van der Waals surface area (Å²) < 4.78 is 7.94. The fraction of sp³-hybridized carbons (Fsp3) is 0.545. The molecule has 2 amide bonds. The number of hydrogen-bond acceptors (Lipinski definition) is 6. The zero-order valence-electron chi connectivity index (χ0n) is 18.6. The first kappa shape index (κ1) is 22.1. The van der Waals surface area contributed by atoms with Crippen molar-refractivity contribution in [3.63, 3.8) is 0 Å². The third kappa shape index (κ3) is 4.27. The minimum absolute atomic E-state index is 0.0395. The molecule has 2 aromatic heterocycles. The highest BCUT2D eigenvalue weighted by atomic mass is 16.5. The van der Waals surface area contributed by atoms with Gasteiger partial charge >= 0.3 is 0 Å². The molecule has 4 rings (SSSR count). The molecular formula is C22H29N5O5. The summed E-state index contributed by atoms with van der Waals surface area (Å²) in [7, 11) is 1.63. The van der Waals surface area contributed by atoms with Gasteiger partial charge in [-0.15, -0.1) is 0 Å². The zero-order valence-corrected chi connectivity index (χ0v) is 18.6. The second-order valence-electron chi connectivity index (χ2n) is 8.86. The molecule has 1 saturated heterocycles. The lowest BCUT2D eigenvalue weighted by Gasteiger charge is -2.15. The van der Waals surface area contributed by atoms with Crippen molar-refractivity contribution in [1.29, 1.82) is 0 Å². The summed E-state index contributed by atoms with van der Waals surface area (Å²) in [6.45, 7) is 5.39. The monoisotopic (exact) mass is 443 g/mol. The average Bonchev–Trinajstić information content (AvgIpc) is 3.26. The van der Waals surface area contributed by atoms with E-state index in [-0.39, 0.29) is 29.5 Å². The Kier molecular flexibility index (Phi) is 6.05. The van der Waals surface area contributed by atoms with Gasteiger partial charge in [-0.05, 0) is 31.3 Å². The largest absolute Gasteiger partial charge is 0.492 e. The fourth-order valence-corrected chi connectivity index (χ4v) is 3.94. The maximum absolute atomic E-state index is 13.2. The maximum atomic E-state index is 13.2. The van der Waals surface area contributed by atoms with Gasteiger partial charge in [-0.25, -0.2) is 0 Å². The van der Waals surface area contributed by atoms with E-state index in [9.17, 15) is 19.5 Å². The quantitative estimate of drug-likeness (QED) is 0.617. The van der Waals surface area contributed by atoms with Crippen LogP contribution in [0.15, 0.2) is 17.1 Å². The zero-order chi connectivity index (χ0) is 23.0. The van der Waals surface area contributed by atoms with E-state index in [1.165, 1.54) is 21.4 Å². The van der Waals surface area contributed by atoms with Gasteiger partial charge in [0, 0.05) is 44.4 Å². The number of likely N-dealkylation sites (tertiary alicyclic amines) is 1. The smallest absolute Gasteiger partial charge is 0.270 e. The molecule has 2 N–H and O–H groups in total. The van der Waals surface area contributed by atoms with E-state index in [1.807, 2.05) is 13.8 Å². The Morgan fingerprint density at radius 2 is 2.09 bits per heavy atom. The van der Waals surface area contributed by atoms with Crippen LogP contribution in [0.3, 0.4) is 0 Å². The molecule has 1 saturated carbocycles. The van der Waals surface area contributed by atoms with Crippen LogP contribution in [-0.2, 0) is 16.1 Å². The summed E-state index contributed by atoms with van der Waals surface area (Å²) in [5.74, 6) is -1.16. The van der Waals surface area contributed by atoms with Crippen molar-refractivity contribution >= 4 is 23.5 Å². The summed E-state index contributed by atoms with van der Waals surface area (Å²) in [6.07, 6.45) is 7.05. The molecular weight excluding hydrogens is 414 g/mol. The molecule has 2 fully saturated rings. The number of carbonyl (C=O) groups is 2. The maximum Gasteiger partial charge on any atom is 0.270 e. The third-order valence-corrected chi connectivity index (χ3v) is 5.79. The van der Waals surface area contributed by atoms with Crippen molar-refractivity contribution in [2.75, 3.05) is 20.2 Å². The molecule has 2 aliphatic rings. The fourth-order valence-electron chi connectivity index (χ4n) is 3.94. The van der Waals surface area contributed by atoms with Crippen molar-refractivity contribution in [1.82, 2.24) is 24.4 Å². The first-order valence-corrected chi connectivity index (χ1v) is 10.9. The number of amides is 2. The number of methoxy groups -OCH3 is 1. The average molecular weight is 444 g/mol. The topological polar surface area (TPSA) is 118 Å². The molecule has 0 unspecified atom stereocenters. The van der Waals surface area contributed by atoms with Crippen LogP contribution in [0.1, 0.15) is 49.0 Å². The van der Waals surface area contributed by atoms with E-state index < -0.39 is 17.3 Å². The Bertz CT molecular complexity index is 1130. The Morgan fingerprint density at radius 3 is 2.72 bits per heavy atom. The van der Waals surface area contributed by atoms with Crippen LogP contribution >= 0.6 is 0 Å². The summed E-state index contributed by atoms with van der Waals surface area (Å²) in [5, 5.41) is 17.7. The highest BCUT2D eigenvalue weighted by Gasteiger charge is 2.30. The van der Waals surface area contributed by atoms with Crippen molar-refractivity contribution in [2.24, 2.45) is 5.92 Å². The number of aromatic hydroxyl groups is 1. The lowest BCUT2D eigenvalue weighted by atomic mass is 10.2. The van der Waals surface area contributed by atoms with E-state index in [1.54, 1.807) is 18.1 Å². The number of nitrogens with one attached hydrogen (secondary N) is 1. The number of aromatic nitrogens is 3. The molecule has 0 aromatic carbocycles. The molecule has 3 heterocycles. The normalized spacial score (nSPS) is 18.9. The second kappa shape index (κ2) is 8.78. The lowest BCUT2D eigenvalue weighted by Crippen LogP contribution is -2.36. The van der Waals surface area contributed by atoms with E-state index in [0.29, 0.717) is 30.8 Å². The number of rotatable bonds is 7. The molecule has 0 radical (unpaired) electrons. The van der Waals surface area contributed by atoms with E-state index >= 15 is 0 Å². The van der Waals surface area contributed by atoms with Crippen molar-refractivity contribution in [2.45, 2.75) is 51.8 Å². The Balaban J connectivity index is 1.72. The van der Waals surface area contributed by atoms with E-state index in [0.717, 1.165) is 19.3 Å². The highest BCUT2D eigenvalue weighted by Crippen LogP contribution is 2.23. The van der Waals surface area contributed by atoms with Gasteiger partial charge in [0.15, 0.2) is 5.56 Å². The molecule has 2 aromatic rings.